The topological polar surface area (TPSA) is 44.4 Å². The van der Waals surface area contributed by atoms with E-state index in [1.165, 1.54) is 42.6 Å². The molecule has 4 nitrogen and oxygen atoms in total. The predicted molar refractivity (Wildman–Crippen MR) is 109 cm³/mol. The highest BCUT2D eigenvalue weighted by Crippen LogP contribution is 2.24. The fourth-order valence-corrected chi connectivity index (χ4v) is 3.36. The molecule has 140 valence electrons. The molecule has 3 rings (SSSR count). The summed E-state index contributed by atoms with van der Waals surface area (Å²) in [7, 11) is 1.78. The van der Waals surface area contributed by atoms with Crippen LogP contribution in [0.25, 0.3) is 11.1 Å². The number of halogens is 1. The van der Waals surface area contributed by atoms with Crippen LogP contribution < -0.4 is 10.6 Å². The first-order valence-corrected chi connectivity index (χ1v) is 9.07. The molecule has 0 bridgehead atoms. The van der Waals surface area contributed by atoms with Crippen LogP contribution in [0.5, 0.6) is 0 Å². The van der Waals surface area contributed by atoms with Gasteiger partial charge in [0, 0.05) is 13.1 Å². The van der Waals surface area contributed by atoms with Crippen LogP contribution in [0.2, 0.25) is 0 Å². The van der Waals surface area contributed by atoms with Crippen molar-refractivity contribution in [2.45, 2.75) is 25.9 Å². The van der Waals surface area contributed by atoms with E-state index >= 15 is 0 Å². The Kier molecular flexibility index (Phi) is 8.10. The third-order valence-corrected chi connectivity index (χ3v) is 4.70. The zero-order valence-electron chi connectivity index (χ0n) is 15.3. The number of rotatable bonds is 7. The highest BCUT2D eigenvalue weighted by Gasteiger charge is 2.12. The lowest BCUT2D eigenvalue weighted by Crippen LogP contribution is -2.31. The summed E-state index contributed by atoms with van der Waals surface area (Å²) < 4.78 is 0. The first kappa shape index (κ1) is 20.4. The summed E-state index contributed by atoms with van der Waals surface area (Å²) in [5, 5.41) is 5.83. The number of nitrogens with one attached hydrogen (secondary N) is 2. The Bertz CT molecular complexity index is 697. The molecule has 0 aromatic heterocycles. The van der Waals surface area contributed by atoms with Gasteiger partial charge >= 0.3 is 0 Å². The normalized spacial score (nSPS) is 14.0. The van der Waals surface area contributed by atoms with Crippen molar-refractivity contribution in [3.05, 3.63) is 59.7 Å². The van der Waals surface area contributed by atoms with Gasteiger partial charge in [-0.3, -0.25) is 9.69 Å². The molecule has 5 heteroatoms. The minimum Gasteiger partial charge on any atom is -0.351 e. The van der Waals surface area contributed by atoms with Crippen LogP contribution in [-0.2, 0) is 17.9 Å². The molecule has 1 saturated heterocycles. The van der Waals surface area contributed by atoms with Crippen molar-refractivity contribution >= 4 is 18.3 Å². The van der Waals surface area contributed by atoms with Gasteiger partial charge in [0.25, 0.3) is 0 Å². The Morgan fingerprint density at radius 1 is 1.04 bits per heavy atom. The van der Waals surface area contributed by atoms with Crippen LogP contribution in [0, 0.1) is 0 Å². The Morgan fingerprint density at radius 3 is 2.42 bits per heavy atom. The number of nitrogens with zero attached hydrogens (tertiary/aromatic N) is 1. The molecule has 1 fully saturated rings. The number of likely N-dealkylation sites (N-methyl/N-ethyl adjacent to an activating group) is 1. The molecule has 2 N–H and O–H groups in total. The largest absolute Gasteiger partial charge is 0.351 e. The standard InChI is InChI=1S/C21H27N3O.ClH/c1-22-15-21(25)23-14-19-6-2-3-7-20(19)18-10-8-17(9-11-18)16-24-12-4-5-13-24;/h2-3,6-11,22H,4-5,12-16H2,1H3,(H,23,25);1H. The quantitative estimate of drug-likeness (QED) is 0.783. The highest BCUT2D eigenvalue weighted by molar-refractivity contribution is 5.85. The Hall–Kier alpha value is -1.88. The van der Waals surface area contributed by atoms with E-state index in [0.717, 1.165) is 12.1 Å². The molecule has 0 spiro atoms. The first-order chi connectivity index (χ1) is 12.3. The van der Waals surface area contributed by atoms with Gasteiger partial charge in [0.2, 0.25) is 5.91 Å². The van der Waals surface area contributed by atoms with Gasteiger partial charge in [0.1, 0.15) is 0 Å². The van der Waals surface area contributed by atoms with E-state index in [1.54, 1.807) is 7.05 Å². The van der Waals surface area contributed by atoms with E-state index in [4.69, 9.17) is 0 Å². The Morgan fingerprint density at radius 2 is 1.73 bits per heavy atom. The maximum atomic E-state index is 11.7. The predicted octanol–water partition coefficient (Wildman–Crippen LogP) is 3.21. The average Bonchev–Trinajstić information content (AvgIpc) is 3.14. The smallest absolute Gasteiger partial charge is 0.234 e. The van der Waals surface area contributed by atoms with Gasteiger partial charge in [-0.2, -0.15) is 0 Å². The second-order valence-corrected chi connectivity index (χ2v) is 6.64. The number of hydrogen-bond donors (Lipinski definition) is 2. The number of amides is 1. The third kappa shape index (κ3) is 5.56. The van der Waals surface area contributed by atoms with Crippen LogP contribution >= 0.6 is 12.4 Å². The molecule has 1 aliphatic rings. The van der Waals surface area contributed by atoms with Crippen LogP contribution in [0.4, 0.5) is 0 Å². The van der Waals surface area contributed by atoms with Gasteiger partial charge < -0.3 is 10.6 Å². The minimum absolute atomic E-state index is 0. The van der Waals surface area contributed by atoms with Gasteiger partial charge in [-0.05, 0) is 55.2 Å². The number of carbonyl (C=O) groups is 1. The summed E-state index contributed by atoms with van der Waals surface area (Å²) in [4.78, 5) is 14.2. The van der Waals surface area contributed by atoms with Crippen molar-refractivity contribution in [1.29, 1.82) is 0 Å². The van der Waals surface area contributed by atoms with E-state index < -0.39 is 0 Å². The van der Waals surface area contributed by atoms with Crippen LogP contribution in [0.1, 0.15) is 24.0 Å². The fraction of sp³-hybridized carbons (Fsp3) is 0.381. The maximum Gasteiger partial charge on any atom is 0.234 e. The first-order valence-electron chi connectivity index (χ1n) is 9.07. The fourth-order valence-electron chi connectivity index (χ4n) is 3.36. The molecule has 1 amide bonds. The van der Waals surface area contributed by atoms with Gasteiger partial charge in [-0.15, -0.1) is 12.4 Å². The number of hydrogen-bond acceptors (Lipinski definition) is 3. The molecule has 1 aliphatic heterocycles. The maximum absolute atomic E-state index is 11.7. The van der Waals surface area contributed by atoms with Crippen molar-refractivity contribution in [2.75, 3.05) is 26.7 Å². The van der Waals surface area contributed by atoms with Crippen molar-refractivity contribution in [3.8, 4) is 11.1 Å². The summed E-state index contributed by atoms with van der Waals surface area (Å²) in [5.41, 5.74) is 4.88. The summed E-state index contributed by atoms with van der Waals surface area (Å²) in [6.45, 7) is 4.37. The molecule has 0 atom stereocenters. The van der Waals surface area contributed by atoms with Crippen LogP contribution in [0.3, 0.4) is 0 Å². The van der Waals surface area contributed by atoms with Gasteiger partial charge in [0.15, 0.2) is 0 Å². The van der Waals surface area contributed by atoms with Crippen molar-refractivity contribution < 1.29 is 4.79 Å². The molecule has 2 aromatic carbocycles. The monoisotopic (exact) mass is 373 g/mol. The van der Waals surface area contributed by atoms with Gasteiger partial charge in [-0.25, -0.2) is 0 Å². The molecule has 26 heavy (non-hydrogen) atoms. The van der Waals surface area contributed by atoms with E-state index in [-0.39, 0.29) is 18.3 Å². The lowest BCUT2D eigenvalue weighted by atomic mass is 9.98. The third-order valence-electron chi connectivity index (χ3n) is 4.70. The molecular formula is C21H28ClN3O. The van der Waals surface area contributed by atoms with E-state index in [0.29, 0.717) is 13.1 Å². The molecule has 0 aliphatic carbocycles. The summed E-state index contributed by atoms with van der Waals surface area (Å²) in [6.07, 6.45) is 2.65. The molecule has 2 aromatic rings. The second kappa shape index (κ2) is 10.3. The number of carbonyl (C=O) groups excluding carboxylic acids is 1. The molecule has 0 saturated carbocycles. The minimum atomic E-state index is 0. The SMILES string of the molecule is CNCC(=O)NCc1ccccc1-c1ccc(CN2CCCC2)cc1.Cl. The van der Waals surface area contributed by atoms with Gasteiger partial charge in [0.05, 0.1) is 6.54 Å². The Balaban J connectivity index is 0.00000243. The van der Waals surface area contributed by atoms with Crippen LogP contribution in [0.15, 0.2) is 48.5 Å². The van der Waals surface area contributed by atoms with E-state index in [9.17, 15) is 4.79 Å². The summed E-state index contributed by atoms with van der Waals surface area (Å²) in [6, 6.07) is 17.1. The molecular weight excluding hydrogens is 346 g/mol. The zero-order chi connectivity index (χ0) is 17.5. The summed E-state index contributed by atoms with van der Waals surface area (Å²) >= 11 is 0. The van der Waals surface area contributed by atoms with Crippen LogP contribution in [-0.4, -0.2) is 37.5 Å². The highest BCUT2D eigenvalue weighted by atomic mass is 35.5. The van der Waals surface area contributed by atoms with Crippen molar-refractivity contribution in [2.24, 2.45) is 0 Å². The zero-order valence-corrected chi connectivity index (χ0v) is 16.1. The average molecular weight is 374 g/mol. The lowest BCUT2D eigenvalue weighted by Gasteiger charge is -2.15. The van der Waals surface area contributed by atoms with Crippen molar-refractivity contribution in [3.63, 3.8) is 0 Å². The number of benzene rings is 2. The van der Waals surface area contributed by atoms with E-state index in [1.807, 2.05) is 12.1 Å². The second-order valence-electron chi connectivity index (χ2n) is 6.64. The molecule has 0 unspecified atom stereocenters. The van der Waals surface area contributed by atoms with Gasteiger partial charge in [-0.1, -0.05) is 48.5 Å². The van der Waals surface area contributed by atoms with Crippen molar-refractivity contribution in [1.82, 2.24) is 15.5 Å². The molecule has 0 radical (unpaired) electrons. The van der Waals surface area contributed by atoms with E-state index in [2.05, 4.69) is 51.9 Å². The number of likely N-dealkylation sites (tertiary alicyclic amines) is 1. The molecule has 1 heterocycles. The Labute approximate surface area is 162 Å². The lowest BCUT2D eigenvalue weighted by molar-refractivity contribution is -0.120. The summed E-state index contributed by atoms with van der Waals surface area (Å²) in [5.74, 6) is 0.0123.